The van der Waals surface area contributed by atoms with E-state index in [-0.39, 0.29) is 5.70 Å². The van der Waals surface area contributed by atoms with E-state index in [0.29, 0.717) is 11.6 Å². The Labute approximate surface area is 135 Å². The molecule has 0 saturated heterocycles. The monoisotopic (exact) mass is 307 g/mol. The number of cyclic esters (lactones) is 1. The smallest absolute Gasteiger partial charge is 0.363 e. The first-order chi connectivity index (χ1) is 11.2. The minimum Gasteiger partial charge on any atom is -0.496 e. The van der Waals surface area contributed by atoms with Crippen molar-refractivity contribution in [2.24, 2.45) is 4.99 Å². The first-order valence-corrected chi connectivity index (χ1v) is 7.46. The lowest BCUT2D eigenvalue weighted by molar-refractivity contribution is -0.129. The Morgan fingerprint density at radius 1 is 1.17 bits per heavy atom. The Morgan fingerprint density at radius 2 is 1.96 bits per heavy atom. The maximum atomic E-state index is 12.1. The second-order valence-electron chi connectivity index (χ2n) is 5.13. The molecule has 4 nitrogen and oxygen atoms in total. The third-order valence-corrected chi connectivity index (χ3v) is 3.64. The summed E-state index contributed by atoms with van der Waals surface area (Å²) < 4.78 is 10.6. The van der Waals surface area contributed by atoms with Gasteiger partial charge in [0.05, 0.1) is 7.11 Å². The maximum Gasteiger partial charge on any atom is 0.363 e. The lowest BCUT2D eigenvalue weighted by atomic mass is 10.1. The molecule has 1 aliphatic heterocycles. The van der Waals surface area contributed by atoms with Crippen LogP contribution in [-0.2, 0) is 16.0 Å². The highest BCUT2D eigenvalue weighted by Gasteiger charge is 2.24. The van der Waals surface area contributed by atoms with Gasteiger partial charge in [-0.3, -0.25) is 0 Å². The summed E-state index contributed by atoms with van der Waals surface area (Å²) in [5, 5.41) is 0. The van der Waals surface area contributed by atoms with Crippen molar-refractivity contribution >= 4 is 17.9 Å². The number of hydrogen-bond acceptors (Lipinski definition) is 4. The molecule has 2 aromatic carbocycles. The van der Waals surface area contributed by atoms with Crippen LogP contribution in [0.5, 0.6) is 5.75 Å². The maximum absolute atomic E-state index is 12.1. The number of esters is 1. The lowest BCUT2D eigenvalue weighted by Crippen LogP contribution is -2.05. The zero-order valence-electron chi connectivity index (χ0n) is 13.1. The van der Waals surface area contributed by atoms with E-state index >= 15 is 0 Å². The Hall–Kier alpha value is -2.88. The van der Waals surface area contributed by atoms with Crippen LogP contribution in [0.25, 0.3) is 6.08 Å². The highest BCUT2D eigenvalue weighted by molar-refractivity contribution is 6.12. The number of methoxy groups -OCH3 is 1. The van der Waals surface area contributed by atoms with Gasteiger partial charge in [-0.25, -0.2) is 9.79 Å². The number of aliphatic imine (C=N–C) groups is 1. The fraction of sp³-hybridized carbons (Fsp3) is 0.158. The normalized spacial score (nSPS) is 15.5. The average molecular weight is 307 g/mol. The van der Waals surface area contributed by atoms with Crippen LogP contribution >= 0.6 is 0 Å². The van der Waals surface area contributed by atoms with Crippen LogP contribution in [0.3, 0.4) is 0 Å². The van der Waals surface area contributed by atoms with Gasteiger partial charge in [0.2, 0.25) is 5.90 Å². The zero-order valence-corrected chi connectivity index (χ0v) is 13.1. The highest BCUT2D eigenvalue weighted by Crippen LogP contribution is 2.26. The Kier molecular flexibility index (Phi) is 4.24. The summed E-state index contributed by atoms with van der Waals surface area (Å²) in [6.07, 6.45) is 2.61. The number of nitrogens with zero attached hydrogens (tertiary/aromatic N) is 1. The molecule has 4 heteroatoms. The molecular formula is C19H17NO3. The number of hydrogen-bond donors (Lipinski definition) is 0. The lowest BCUT2D eigenvalue weighted by Gasteiger charge is -2.06. The Bertz CT molecular complexity index is 792. The van der Waals surface area contributed by atoms with Crippen molar-refractivity contribution < 1.29 is 14.3 Å². The number of benzene rings is 2. The number of rotatable bonds is 4. The standard InChI is InChI=1S/C19H17NO3/c1-3-13-9-10-17(22-2)15(11-13)12-16-19(21)23-18(20-16)14-7-5-4-6-8-14/h4-12H,3H2,1-2H3/b16-12+. The van der Waals surface area contributed by atoms with E-state index in [4.69, 9.17) is 9.47 Å². The SMILES string of the molecule is CCc1ccc(OC)c(/C=C2/N=C(c3ccccc3)OC2=O)c1. The third-order valence-electron chi connectivity index (χ3n) is 3.64. The fourth-order valence-corrected chi connectivity index (χ4v) is 2.38. The molecule has 116 valence electrons. The van der Waals surface area contributed by atoms with Gasteiger partial charge in [0.1, 0.15) is 5.75 Å². The molecule has 0 fully saturated rings. The molecule has 0 bridgehead atoms. The number of ether oxygens (including phenoxy) is 2. The van der Waals surface area contributed by atoms with Gasteiger partial charge in [-0.1, -0.05) is 31.2 Å². The summed E-state index contributed by atoms with van der Waals surface area (Å²) in [6, 6.07) is 15.3. The number of aryl methyl sites for hydroxylation is 1. The van der Waals surface area contributed by atoms with E-state index in [9.17, 15) is 4.79 Å². The summed E-state index contributed by atoms with van der Waals surface area (Å²) >= 11 is 0. The second-order valence-corrected chi connectivity index (χ2v) is 5.13. The van der Waals surface area contributed by atoms with Crippen LogP contribution in [0.1, 0.15) is 23.6 Å². The minimum atomic E-state index is -0.451. The Balaban J connectivity index is 1.99. The quantitative estimate of drug-likeness (QED) is 0.640. The molecule has 2 aromatic rings. The molecule has 0 aliphatic carbocycles. The van der Waals surface area contributed by atoms with Gasteiger partial charge < -0.3 is 9.47 Å². The van der Waals surface area contributed by atoms with Gasteiger partial charge in [-0.15, -0.1) is 0 Å². The molecular weight excluding hydrogens is 290 g/mol. The number of carbonyl (C=O) groups excluding carboxylic acids is 1. The fourth-order valence-electron chi connectivity index (χ4n) is 2.38. The molecule has 23 heavy (non-hydrogen) atoms. The van der Waals surface area contributed by atoms with Crippen molar-refractivity contribution in [3.63, 3.8) is 0 Å². The number of carbonyl (C=O) groups is 1. The van der Waals surface area contributed by atoms with E-state index in [2.05, 4.69) is 11.9 Å². The van der Waals surface area contributed by atoms with E-state index in [1.807, 2.05) is 48.5 Å². The molecule has 3 rings (SSSR count). The van der Waals surface area contributed by atoms with Crippen LogP contribution in [0.4, 0.5) is 0 Å². The van der Waals surface area contributed by atoms with Crippen molar-refractivity contribution in [3.05, 3.63) is 70.9 Å². The van der Waals surface area contributed by atoms with Crippen molar-refractivity contribution in [2.45, 2.75) is 13.3 Å². The van der Waals surface area contributed by atoms with Gasteiger partial charge >= 0.3 is 5.97 Å². The van der Waals surface area contributed by atoms with Crippen LogP contribution < -0.4 is 4.74 Å². The molecule has 0 saturated carbocycles. The van der Waals surface area contributed by atoms with Crippen LogP contribution in [0.2, 0.25) is 0 Å². The summed E-state index contributed by atoms with van der Waals surface area (Å²) in [5.41, 5.74) is 3.03. The minimum absolute atomic E-state index is 0.274. The molecule has 0 aromatic heterocycles. The molecule has 0 N–H and O–H groups in total. The van der Waals surface area contributed by atoms with Crippen LogP contribution in [0, 0.1) is 0 Å². The largest absolute Gasteiger partial charge is 0.496 e. The first kappa shape index (κ1) is 15.0. The van der Waals surface area contributed by atoms with Crippen molar-refractivity contribution in [1.29, 1.82) is 0 Å². The van der Waals surface area contributed by atoms with E-state index in [1.54, 1.807) is 13.2 Å². The third kappa shape index (κ3) is 3.16. The predicted octanol–water partition coefficient (Wildman–Crippen LogP) is 3.60. The van der Waals surface area contributed by atoms with Gasteiger partial charge in [0, 0.05) is 11.1 Å². The molecule has 1 aliphatic rings. The summed E-state index contributed by atoms with van der Waals surface area (Å²) in [7, 11) is 1.61. The second kappa shape index (κ2) is 6.48. The van der Waals surface area contributed by atoms with Gasteiger partial charge in [-0.2, -0.15) is 0 Å². The molecule has 0 atom stereocenters. The molecule has 0 radical (unpaired) electrons. The van der Waals surface area contributed by atoms with Gasteiger partial charge in [0.15, 0.2) is 5.70 Å². The topological polar surface area (TPSA) is 47.9 Å². The summed E-state index contributed by atoms with van der Waals surface area (Å²) in [4.78, 5) is 16.4. The predicted molar refractivity (Wildman–Crippen MR) is 89.4 cm³/mol. The molecule has 0 amide bonds. The first-order valence-electron chi connectivity index (χ1n) is 7.46. The van der Waals surface area contributed by atoms with Crippen molar-refractivity contribution in [1.82, 2.24) is 0 Å². The molecule has 1 heterocycles. The van der Waals surface area contributed by atoms with Crippen molar-refractivity contribution in [2.75, 3.05) is 7.11 Å². The van der Waals surface area contributed by atoms with Crippen molar-refractivity contribution in [3.8, 4) is 5.75 Å². The average Bonchev–Trinajstić information content (AvgIpc) is 2.96. The van der Waals surface area contributed by atoms with Crippen LogP contribution in [0.15, 0.2) is 59.2 Å². The summed E-state index contributed by atoms with van der Waals surface area (Å²) in [6.45, 7) is 2.08. The zero-order chi connectivity index (χ0) is 16.2. The Morgan fingerprint density at radius 3 is 2.65 bits per heavy atom. The summed E-state index contributed by atoms with van der Waals surface area (Å²) in [5.74, 6) is 0.575. The highest BCUT2D eigenvalue weighted by atomic mass is 16.6. The van der Waals surface area contributed by atoms with E-state index in [1.165, 1.54) is 0 Å². The van der Waals surface area contributed by atoms with Crippen LogP contribution in [-0.4, -0.2) is 19.0 Å². The van der Waals surface area contributed by atoms with Gasteiger partial charge in [-0.05, 0) is 42.3 Å². The molecule has 0 unspecified atom stereocenters. The van der Waals surface area contributed by atoms with E-state index in [0.717, 1.165) is 23.1 Å². The van der Waals surface area contributed by atoms with E-state index < -0.39 is 5.97 Å². The molecule has 0 spiro atoms. The van der Waals surface area contributed by atoms with Gasteiger partial charge in [0.25, 0.3) is 0 Å².